The third-order valence-electron chi connectivity index (χ3n) is 4.75. The third-order valence-corrected chi connectivity index (χ3v) is 8.52. The van der Waals surface area contributed by atoms with Crippen LogP contribution >= 0.6 is 11.6 Å². The maximum absolute atomic E-state index is 14.7. The molecule has 3 aromatic rings. The van der Waals surface area contributed by atoms with Crippen molar-refractivity contribution < 1.29 is 25.6 Å². The quantitative estimate of drug-likeness (QED) is 0.495. The van der Waals surface area contributed by atoms with E-state index in [1.165, 1.54) is 56.7 Å². The van der Waals surface area contributed by atoms with Crippen LogP contribution in [0, 0.1) is 11.6 Å². The second-order valence-corrected chi connectivity index (χ2v) is 11.7. The van der Waals surface area contributed by atoms with Crippen LogP contribution in [0.4, 0.5) is 8.78 Å². The number of pyridine rings is 1. The Balaban J connectivity index is 2.05. The zero-order chi connectivity index (χ0) is 24.4. The van der Waals surface area contributed by atoms with Gasteiger partial charge in [-0.1, -0.05) is 17.7 Å². The van der Waals surface area contributed by atoms with E-state index in [-0.39, 0.29) is 17.1 Å². The van der Waals surface area contributed by atoms with Gasteiger partial charge in [0.25, 0.3) is 10.2 Å². The molecule has 12 heteroatoms. The first-order chi connectivity index (χ1) is 15.4. The number of benzene rings is 2. The average molecular weight is 516 g/mol. The number of aromatic nitrogens is 1. The molecule has 0 radical (unpaired) electrons. The van der Waals surface area contributed by atoms with Crippen molar-refractivity contribution in [1.82, 2.24) is 14.0 Å². The summed E-state index contributed by atoms with van der Waals surface area (Å²) in [7, 11) is -5.22. The van der Waals surface area contributed by atoms with Gasteiger partial charge in [0, 0.05) is 37.4 Å². The van der Waals surface area contributed by atoms with Crippen LogP contribution in [-0.4, -0.2) is 40.2 Å². The molecule has 3 rings (SSSR count). The van der Waals surface area contributed by atoms with Crippen molar-refractivity contribution in [3.8, 4) is 0 Å². The van der Waals surface area contributed by atoms with Crippen molar-refractivity contribution in [1.29, 1.82) is 0 Å². The second-order valence-electron chi connectivity index (χ2n) is 7.24. The van der Waals surface area contributed by atoms with E-state index < -0.39 is 42.5 Å². The molecule has 176 valence electrons. The number of sulfone groups is 1. The highest BCUT2D eigenvalue weighted by Gasteiger charge is 2.34. The summed E-state index contributed by atoms with van der Waals surface area (Å²) in [5.74, 6) is -1.72. The molecule has 1 aromatic heterocycles. The molecular formula is C21H20ClF2N3O4S2. The van der Waals surface area contributed by atoms with Gasteiger partial charge in [0.1, 0.15) is 16.9 Å². The molecule has 1 heterocycles. The molecule has 33 heavy (non-hydrogen) atoms. The Bertz CT molecular complexity index is 1350. The highest BCUT2D eigenvalue weighted by molar-refractivity contribution is 7.92. The Labute approximate surface area is 196 Å². The normalized spacial score (nSPS) is 13.3. The zero-order valence-electron chi connectivity index (χ0n) is 17.5. The highest BCUT2D eigenvalue weighted by atomic mass is 35.5. The van der Waals surface area contributed by atoms with Crippen LogP contribution in [-0.2, 0) is 26.6 Å². The molecule has 0 amide bonds. The first-order valence-electron chi connectivity index (χ1n) is 9.48. The molecule has 0 spiro atoms. The van der Waals surface area contributed by atoms with Crippen molar-refractivity contribution in [2.45, 2.75) is 16.7 Å². The van der Waals surface area contributed by atoms with E-state index in [0.717, 1.165) is 22.5 Å². The minimum atomic E-state index is -4.27. The summed E-state index contributed by atoms with van der Waals surface area (Å²) in [5, 5.41) is -1.34. The molecule has 2 aromatic carbocycles. The van der Waals surface area contributed by atoms with Crippen molar-refractivity contribution in [2.75, 3.05) is 14.1 Å². The molecule has 0 bridgehead atoms. The van der Waals surface area contributed by atoms with E-state index in [2.05, 4.69) is 9.71 Å². The lowest BCUT2D eigenvalue weighted by atomic mass is 10.1. The van der Waals surface area contributed by atoms with Crippen LogP contribution in [0.3, 0.4) is 0 Å². The average Bonchev–Trinajstić information content (AvgIpc) is 2.76. The molecule has 1 unspecified atom stereocenters. The van der Waals surface area contributed by atoms with Gasteiger partial charge in [0.15, 0.2) is 9.84 Å². The largest absolute Gasteiger partial charge is 0.279 e. The topological polar surface area (TPSA) is 96.4 Å². The monoisotopic (exact) mass is 515 g/mol. The van der Waals surface area contributed by atoms with Crippen molar-refractivity contribution in [3.63, 3.8) is 0 Å². The van der Waals surface area contributed by atoms with Gasteiger partial charge in [-0.2, -0.15) is 17.4 Å². The minimum absolute atomic E-state index is 0.0614. The molecule has 0 aliphatic heterocycles. The summed E-state index contributed by atoms with van der Waals surface area (Å²) in [4.78, 5) is 3.99. The Morgan fingerprint density at radius 2 is 1.67 bits per heavy atom. The van der Waals surface area contributed by atoms with E-state index in [1.807, 2.05) is 0 Å². The maximum Gasteiger partial charge on any atom is 0.279 e. The molecule has 0 aliphatic rings. The standard InChI is InChI=1S/C21H20ClF2N3O4S2/c1-27(2)33(30,31)26-13-14-3-10-20(25-12-14)21(18-11-16(23)6-9-19(18)24)32(28,29)17-7-4-15(22)5-8-17/h3-12,21,26H,13H2,1-2H3. The van der Waals surface area contributed by atoms with Crippen LogP contribution in [0.5, 0.6) is 0 Å². The third kappa shape index (κ3) is 5.74. The molecule has 1 N–H and O–H groups in total. The second kappa shape index (κ2) is 9.82. The van der Waals surface area contributed by atoms with E-state index >= 15 is 0 Å². The van der Waals surface area contributed by atoms with E-state index in [0.29, 0.717) is 10.6 Å². The van der Waals surface area contributed by atoms with Crippen LogP contribution < -0.4 is 4.72 Å². The van der Waals surface area contributed by atoms with Gasteiger partial charge in [0.05, 0.1) is 10.6 Å². The van der Waals surface area contributed by atoms with Gasteiger partial charge >= 0.3 is 0 Å². The molecule has 7 nitrogen and oxygen atoms in total. The molecule has 0 aliphatic carbocycles. The fraction of sp³-hybridized carbons (Fsp3) is 0.190. The summed E-state index contributed by atoms with van der Waals surface area (Å²) < 4.78 is 82.6. The molecule has 1 atom stereocenters. The van der Waals surface area contributed by atoms with Crippen LogP contribution in [0.2, 0.25) is 5.02 Å². The summed E-state index contributed by atoms with van der Waals surface area (Å²) in [6, 6.07) is 10.6. The Kier molecular flexibility index (Phi) is 7.49. The van der Waals surface area contributed by atoms with Crippen molar-refractivity contribution in [3.05, 3.63) is 94.3 Å². The lowest BCUT2D eigenvalue weighted by Crippen LogP contribution is -2.35. The summed E-state index contributed by atoms with van der Waals surface area (Å²) >= 11 is 5.85. The fourth-order valence-corrected chi connectivity index (χ4v) is 5.45. The minimum Gasteiger partial charge on any atom is -0.259 e. The van der Waals surface area contributed by atoms with E-state index in [9.17, 15) is 25.6 Å². The predicted molar refractivity (Wildman–Crippen MR) is 121 cm³/mol. The number of halogens is 3. The number of rotatable bonds is 8. The Morgan fingerprint density at radius 1 is 1.00 bits per heavy atom. The Hall–Kier alpha value is -2.44. The lowest BCUT2D eigenvalue weighted by molar-refractivity contribution is 0.505. The van der Waals surface area contributed by atoms with Crippen LogP contribution in [0.25, 0.3) is 0 Å². The van der Waals surface area contributed by atoms with Gasteiger partial charge in [0.2, 0.25) is 0 Å². The van der Waals surface area contributed by atoms with Gasteiger partial charge in [-0.05, 0) is 54.1 Å². The molecule has 0 saturated heterocycles. The number of nitrogens with zero attached hydrogens (tertiary/aromatic N) is 2. The number of hydrogen-bond donors (Lipinski definition) is 1. The molecule has 0 saturated carbocycles. The SMILES string of the molecule is CN(C)S(=O)(=O)NCc1ccc(C(c2cc(F)ccc2F)S(=O)(=O)c2ccc(Cl)cc2)nc1. The van der Waals surface area contributed by atoms with Gasteiger partial charge in [-0.15, -0.1) is 0 Å². The van der Waals surface area contributed by atoms with E-state index in [1.54, 1.807) is 0 Å². The van der Waals surface area contributed by atoms with Crippen LogP contribution in [0.15, 0.2) is 65.7 Å². The lowest BCUT2D eigenvalue weighted by Gasteiger charge is -2.19. The first kappa shape index (κ1) is 25.2. The van der Waals surface area contributed by atoms with Crippen LogP contribution in [0.1, 0.15) is 22.1 Å². The number of hydrogen-bond acceptors (Lipinski definition) is 5. The van der Waals surface area contributed by atoms with Gasteiger partial charge in [-0.25, -0.2) is 17.2 Å². The highest BCUT2D eigenvalue weighted by Crippen LogP contribution is 2.36. The summed E-state index contributed by atoms with van der Waals surface area (Å²) in [6.45, 7) is -0.100. The fourth-order valence-electron chi connectivity index (χ4n) is 2.96. The Morgan fingerprint density at radius 3 is 2.24 bits per heavy atom. The van der Waals surface area contributed by atoms with Crippen molar-refractivity contribution >= 4 is 31.6 Å². The summed E-state index contributed by atoms with van der Waals surface area (Å²) in [6.07, 6.45) is 1.27. The first-order valence-corrected chi connectivity index (χ1v) is 12.8. The van der Waals surface area contributed by atoms with Gasteiger partial charge < -0.3 is 0 Å². The maximum atomic E-state index is 14.7. The van der Waals surface area contributed by atoms with Crippen molar-refractivity contribution in [2.24, 2.45) is 0 Å². The smallest absolute Gasteiger partial charge is 0.259 e. The number of nitrogens with one attached hydrogen (secondary N) is 1. The molecule has 0 fully saturated rings. The van der Waals surface area contributed by atoms with E-state index in [4.69, 9.17) is 11.6 Å². The van der Waals surface area contributed by atoms with Gasteiger partial charge in [-0.3, -0.25) is 4.98 Å². The zero-order valence-corrected chi connectivity index (χ0v) is 19.9. The molecular weight excluding hydrogens is 496 g/mol. The summed E-state index contributed by atoms with van der Waals surface area (Å²) in [5.41, 5.74) is -0.0290. The predicted octanol–water partition coefficient (Wildman–Crippen LogP) is 3.47.